The van der Waals surface area contributed by atoms with Crippen LogP contribution in [0.15, 0.2) is 24.4 Å². The van der Waals surface area contributed by atoms with Crippen LogP contribution in [0, 0.1) is 0 Å². The Hall–Kier alpha value is -2.01. The average Bonchev–Trinajstić information content (AvgIpc) is 2.24. The fraction of sp³-hybridized carbons (Fsp3) is 0.182. The number of hydrogen-bond acceptors (Lipinski definition) is 5. The molecule has 0 spiro atoms. The van der Waals surface area contributed by atoms with Crippen molar-refractivity contribution in [1.82, 2.24) is 4.98 Å². The molecular weight excluding hydrogens is 204 g/mol. The van der Waals surface area contributed by atoms with Crippen LogP contribution in [0.3, 0.4) is 0 Å². The Morgan fingerprint density at radius 3 is 2.81 bits per heavy atom. The molecule has 1 aromatic heterocycles. The van der Waals surface area contributed by atoms with Crippen molar-refractivity contribution in [3.63, 3.8) is 0 Å². The van der Waals surface area contributed by atoms with Crippen LogP contribution in [-0.4, -0.2) is 16.3 Å². The maximum absolute atomic E-state index is 9.33. The molecule has 1 aromatic carbocycles. The zero-order valence-corrected chi connectivity index (χ0v) is 8.94. The van der Waals surface area contributed by atoms with Crippen molar-refractivity contribution in [3.8, 4) is 0 Å². The Morgan fingerprint density at radius 1 is 1.38 bits per heavy atom. The number of aromatic nitrogens is 1. The van der Waals surface area contributed by atoms with Gasteiger partial charge < -0.3 is 21.9 Å². The Bertz CT molecular complexity index is 525. The Balaban J connectivity index is 2.71. The van der Waals surface area contributed by atoms with Crippen molar-refractivity contribution in [2.75, 3.05) is 16.8 Å². The minimum atomic E-state index is -0.698. The molecule has 0 aliphatic carbocycles. The first-order chi connectivity index (χ1) is 7.59. The van der Waals surface area contributed by atoms with Crippen LogP contribution in [0.5, 0.6) is 0 Å². The highest BCUT2D eigenvalue weighted by atomic mass is 16.3. The number of pyridine rings is 1. The van der Waals surface area contributed by atoms with Gasteiger partial charge in [-0.15, -0.1) is 0 Å². The Labute approximate surface area is 93.1 Å². The zero-order chi connectivity index (χ0) is 11.7. The van der Waals surface area contributed by atoms with E-state index in [-0.39, 0.29) is 0 Å². The van der Waals surface area contributed by atoms with Gasteiger partial charge >= 0.3 is 0 Å². The zero-order valence-electron chi connectivity index (χ0n) is 8.94. The van der Waals surface area contributed by atoms with E-state index < -0.39 is 6.23 Å². The molecule has 5 heteroatoms. The highest BCUT2D eigenvalue weighted by Gasteiger charge is 2.10. The quantitative estimate of drug-likeness (QED) is 0.448. The average molecular weight is 218 g/mol. The summed E-state index contributed by atoms with van der Waals surface area (Å²) >= 11 is 0. The van der Waals surface area contributed by atoms with Crippen LogP contribution in [0.2, 0.25) is 0 Å². The maximum Gasteiger partial charge on any atom is 0.121 e. The van der Waals surface area contributed by atoms with Crippen LogP contribution in [0.25, 0.3) is 10.9 Å². The molecule has 6 N–H and O–H groups in total. The van der Waals surface area contributed by atoms with Crippen LogP contribution in [-0.2, 0) is 0 Å². The number of nitrogen functional groups attached to an aromatic ring is 2. The van der Waals surface area contributed by atoms with Gasteiger partial charge in [-0.2, -0.15) is 0 Å². The summed E-state index contributed by atoms with van der Waals surface area (Å²) in [6.45, 7) is 1.62. The van der Waals surface area contributed by atoms with Crippen molar-refractivity contribution < 1.29 is 5.11 Å². The first kappa shape index (κ1) is 10.5. The number of benzene rings is 1. The number of aliphatic hydroxyl groups excluding tert-OH is 1. The molecule has 2 aromatic rings. The van der Waals surface area contributed by atoms with E-state index in [1.54, 1.807) is 25.3 Å². The van der Waals surface area contributed by atoms with Crippen molar-refractivity contribution in [2.45, 2.75) is 13.2 Å². The number of nitrogens with one attached hydrogen (secondary N) is 1. The second-order valence-corrected chi connectivity index (χ2v) is 3.65. The molecule has 0 aliphatic heterocycles. The number of anilines is 3. The predicted molar refractivity (Wildman–Crippen MR) is 65.9 cm³/mol. The summed E-state index contributed by atoms with van der Waals surface area (Å²) in [6.07, 6.45) is 0.963. The van der Waals surface area contributed by atoms with Crippen LogP contribution < -0.4 is 16.8 Å². The molecular formula is C11H14N4O. The molecule has 5 nitrogen and oxygen atoms in total. The fourth-order valence-electron chi connectivity index (χ4n) is 1.65. The van der Waals surface area contributed by atoms with Gasteiger partial charge in [0.1, 0.15) is 6.23 Å². The topological polar surface area (TPSA) is 97.2 Å². The van der Waals surface area contributed by atoms with E-state index in [1.807, 2.05) is 6.07 Å². The molecule has 0 fully saturated rings. The van der Waals surface area contributed by atoms with Crippen LogP contribution in [0.4, 0.5) is 17.1 Å². The Morgan fingerprint density at radius 2 is 2.12 bits per heavy atom. The lowest BCUT2D eigenvalue weighted by Gasteiger charge is -2.15. The van der Waals surface area contributed by atoms with E-state index >= 15 is 0 Å². The predicted octanol–water partition coefficient (Wildman–Crippen LogP) is 1.15. The summed E-state index contributed by atoms with van der Waals surface area (Å²) in [5.41, 5.74) is 14.0. The molecule has 84 valence electrons. The third kappa shape index (κ3) is 1.72. The maximum atomic E-state index is 9.33. The number of nitrogens with two attached hydrogens (primary N) is 2. The highest BCUT2D eigenvalue weighted by molar-refractivity contribution is 6.03. The van der Waals surface area contributed by atoms with Gasteiger partial charge in [0.25, 0.3) is 0 Å². The minimum absolute atomic E-state index is 0.476. The van der Waals surface area contributed by atoms with Gasteiger partial charge in [0, 0.05) is 17.3 Å². The number of rotatable bonds is 2. The first-order valence-corrected chi connectivity index (χ1v) is 4.97. The smallest absolute Gasteiger partial charge is 0.121 e. The van der Waals surface area contributed by atoms with Crippen molar-refractivity contribution in [2.24, 2.45) is 0 Å². The molecule has 1 heterocycles. The SMILES string of the molecule is CC(O)Nc1c(N)cc(N)c2cccnc12. The molecule has 16 heavy (non-hydrogen) atoms. The molecule has 1 unspecified atom stereocenters. The summed E-state index contributed by atoms with van der Waals surface area (Å²) < 4.78 is 0. The van der Waals surface area contributed by atoms with E-state index in [4.69, 9.17) is 11.5 Å². The van der Waals surface area contributed by atoms with E-state index in [2.05, 4.69) is 10.3 Å². The molecule has 0 saturated heterocycles. The first-order valence-electron chi connectivity index (χ1n) is 4.97. The number of hydrogen-bond donors (Lipinski definition) is 4. The van der Waals surface area contributed by atoms with Crippen molar-refractivity contribution >= 4 is 28.0 Å². The molecule has 0 saturated carbocycles. The number of aliphatic hydroxyl groups is 1. The lowest BCUT2D eigenvalue weighted by Crippen LogP contribution is -2.15. The third-order valence-corrected chi connectivity index (χ3v) is 2.31. The minimum Gasteiger partial charge on any atom is -0.398 e. The van der Waals surface area contributed by atoms with Gasteiger partial charge in [-0.05, 0) is 25.1 Å². The van der Waals surface area contributed by atoms with E-state index in [0.29, 0.717) is 22.6 Å². The summed E-state index contributed by atoms with van der Waals surface area (Å²) in [7, 11) is 0. The van der Waals surface area contributed by atoms with Crippen LogP contribution in [0.1, 0.15) is 6.92 Å². The summed E-state index contributed by atoms with van der Waals surface area (Å²) in [5.74, 6) is 0. The monoisotopic (exact) mass is 218 g/mol. The van der Waals surface area contributed by atoms with Gasteiger partial charge in [-0.1, -0.05) is 0 Å². The van der Waals surface area contributed by atoms with Gasteiger partial charge in [-0.3, -0.25) is 4.98 Å². The lowest BCUT2D eigenvalue weighted by atomic mass is 10.1. The third-order valence-electron chi connectivity index (χ3n) is 2.31. The highest BCUT2D eigenvalue weighted by Crippen LogP contribution is 2.32. The molecule has 0 radical (unpaired) electrons. The second kappa shape index (κ2) is 3.86. The van der Waals surface area contributed by atoms with E-state index in [1.165, 1.54) is 0 Å². The summed E-state index contributed by atoms with van der Waals surface area (Å²) in [4.78, 5) is 4.22. The molecule has 2 rings (SSSR count). The molecule has 0 aliphatic rings. The van der Waals surface area contributed by atoms with E-state index in [9.17, 15) is 5.11 Å². The second-order valence-electron chi connectivity index (χ2n) is 3.65. The summed E-state index contributed by atoms with van der Waals surface area (Å²) in [5, 5.41) is 13.0. The van der Waals surface area contributed by atoms with E-state index in [0.717, 1.165) is 5.39 Å². The van der Waals surface area contributed by atoms with Gasteiger partial charge in [0.15, 0.2) is 0 Å². The number of nitrogens with zero attached hydrogens (tertiary/aromatic N) is 1. The Kier molecular flexibility index (Phi) is 2.54. The lowest BCUT2D eigenvalue weighted by molar-refractivity contribution is 0.224. The fourth-order valence-corrected chi connectivity index (χ4v) is 1.65. The summed E-state index contributed by atoms with van der Waals surface area (Å²) in [6, 6.07) is 5.33. The van der Waals surface area contributed by atoms with Gasteiger partial charge in [-0.25, -0.2) is 0 Å². The van der Waals surface area contributed by atoms with Gasteiger partial charge in [0.05, 0.1) is 16.9 Å². The van der Waals surface area contributed by atoms with Crippen molar-refractivity contribution in [1.29, 1.82) is 0 Å². The molecule has 0 bridgehead atoms. The van der Waals surface area contributed by atoms with Gasteiger partial charge in [0.2, 0.25) is 0 Å². The van der Waals surface area contributed by atoms with Crippen molar-refractivity contribution in [3.05, 3.63) is 24.4 Å². The molecule has 0 amide bonds. The van der Waals surface area contributed by atoms with Crippen LogP contribution >= 0.6 is 0 Å². The normalized spacial score (nSPS) is 12.6. The largest absolute Gasteiger partial charge is 0.398 e. The molecule has 1 atom stereocenters. The number of fused-ring (bicyclic) bond motifs is 1. The standard InChI is InChI=1S/C11H14N4O/c1-6(16)15-11-9(13)5-8(12)7-3-2-4-14-10(7)11/h2-6,15-16H,12-13H2,1H3.